The average Bonchev–Trinajstić information content (AvgIpc) is 3.17. The zero-order chi connectivity index (χ0) is 24.7. The minimum absolute atomic E-state index is 0.0876. The van der Waals surface area contributed by atoms with Gasteiger partial charge in [0.25, 0.3) is 0 Å². The van der Waals surface area contributed by atoms with Crippen molar-refractivity contribution in [2.45, 2.75) is 56.4 Å². The summed E-state index contributed by atoms with van der Waals surface area (Å²) in [4.78, 5) is 22.4. The van der Waals surface area contributed by atoms with Crippen LogP contribution < -0.4 is 5.01 Å². The highest BCUT2D eigenvalue weighted by Crippen LogP contribution is 2.31. The molecular weight excluding hydrogens is 465 g/mol. The number of nitrogens with zero attached hydrogens (tertiary/aromatic N) is 5. The number of hydrogen-bond donors (Lipinski definition) is 0. The predicted molar refractivity (Wildman–Crippen MR) is 126 cm³/mol. The van der Waals surface area contributed by atoms with E-state index in [9.17, 15) is 17.6 Å². The van der Waals surface area contributed by atoms with Gasteiger partial charge in [0.2, 0.25) is 0 Å². The number of rotatable bonds is 4. The van der Waals surface area contributed by atoms with Gasteiger partial charge in [0.15, 0.2) is 16.1 Å². The summed E-state index contributed by atoms with van der Waals surface area (Å²) in [6, 6.07) is 3.67. The number of sulfone groups is 1. The molecular formula is C22H28FN5O5S. The molecule has 0 N–H and O–H groups in total. The quantitative estimate of drug-likeness (QED) is 0.637. The zero-order valence-electron chi connectivity index (χ0n) is 19.5. The van der Waals surface area contributed by atoms with E-state index in [1.165, 1.54) is 23.5 Å². The zero-order valence-corrected chi connectivity index (χ0v) is 20.3. The van der Waals surface area contributed by atoms with E-state index < -0.39 is 33.4 Å². The lowest BCUT2D eigenvalue weighted by atomic mass is 10.1. The second-order valence-electron chi connectivity index (χ2n) is 9.43. The lowest BCUT2D eigenvalue weighted by Gasteiger charge is -2.35. The number of fused-ring (bicyclic) bond motifs is 1. The number of hydrazone groups is 1. The molecule has 1 fully saturated rings. The fraction of sp³-hybridized carbons (Fsp3) is 0.545. The van der Waals surface area contributed by atoms with Gasteiger partial charge in [-0.05, 0) is 51.8 Å². The second-order valence-corrected chi connectivity index (χ2v) is 11.4. The van der Waals surface area contributed by atoms with Crippen LogP contribution in [0, 0.1) is 11.7 Å². The summed E-state index contributed by atoms with van der Waals surface area (Å²) in [6.45, 7) is 6.53. The third-order valence-electron chi connectivity index (χ3n) is 5.57. The Labute approximate surface area is 198 Å². The molecule has 0 aliphatic carbocycles. The van der Waals surface area contributed by atoms with Crippen LogP contribution in [0.1, 0.15) is 33.6 Å². The van der Waals surface area contributed by atoms with Gasteiger partial charge in [-0.1, -0.05) is 0 Å². The number of amides is 1. The van der Waals surface area contributed by atoms with Crippen LogP contribution in [-0.2, 0) is 19.3 Å². The summed E-state index contributed by atoms with van der Waals surface area (Å²) in [5.74, 6) is -0.696. The Bertz CT molecular complexity index is 1150. The molecule has 12 heteroatoms. The summed E-state index contributed by atoms with van der Waals surface area (Å²) >= 11 is 0. The van der Waals surface area contributed by atoms with Crippen molar-refractivity contribution in [3.05, 3.63) is 24.0 Å². The molecule has 1 aromatic rings. The molecule has 2 unspecified atom stereocenters. The molecule has 34 heavy (non-hydrogen) atoms. The van der Waals surface area contributed by atoms with Gasteiger partial charge in [-0.15, -0.1) is 0 Å². The smallest absolute Gasteiger partial charge is 0.410 e. The molecule has 1 aromatic carbocycles. The van der Waals surface area contributed by atoms with E-state index in [-0.39, 0.29) is 22.8 Å². The molecule has 0 bridgehead atoms. The van der Waals surface area contributed by atoms with Crippen LogP contribution in [0.15, 0.2) is 38.2 Å². The average molecular weight is 494 g/mol. The maximum Gasteiger partial charge on any atom is 0.410 e. The molecule has 3 aliphatic heterocycles. The van der Waals surface area contributed by atoms with E-state index in [0.717, 1.165) is 12.3 Å². The third-order valence-corrected chi connectivity index (χ3v) is 6.68. The normalized spacial score (nSPS) is 23.1. The molecule has 184 valence electrons. The molecule has 3 heterocycles. The Hall–Kier alpha value is -2.86. The summed E-state index contributed by atoms with van der Waals surface area (Å²) < 4.78 is 49.8. The number of benzene rings is 1. The molecule has 3 aliphatic rings. The highest BCUT2D eigenvalue weighted by atomic mass is 32.2. The number of amidine groups is 1. The van der Waals surface area contributed by atoms with E-state index >= 15 is 0 Å². The topological polar surface area (TPSA) is 113 Å². The van der Waals surface area contributed by atoms with E-state index in [0.29, 0.717) is 31.8 Å². The Morgan fingerprint density at radius 2 is 1.91 bits per heavy atom. The van der Waals surface area contributed by atoms with Crippen molar-refractivity contribution in [3.63, 3.8) is 0 Å². The van der Waals surface area contributed by atoms with Crippen molar-refractivity contribution in [1.82, 2.24) is 4.90 Å². The molecule has 0 spiro atoms. The van der Waals surface area contributed by atoms with Crippen LogP contribution >= 0.6 is 0 Å². The van der Waals surface area contributed by atoms with Crippen molar-refractivity contribution in [1.29, 1.82) is 0 Å². The maximum absolute atomic E-state index is 14.7. The number of aliphatic imine (C=N–C) groups is 2. The standard InChI is InChI=1S/C22H28FN5O5S/c1-22(2,3)33-21(29)27-9-7-14(8-10-27)32-20-16-12-26-28(19(16)24-13-25-20)18-6-5-15(11-17(18)23)34(4,30)31/h5-6,11-14,16,20H,7-10H2,1-4H3. The van der Waals surface area contributed by atoms with E-state index in [4.69, 9.17) is 9.47 Å². The SMILES string of the molecule is CC(C)(C)OC(=O)N1CCC(OC2N=CN=C3C2C=NN3c2ccc(S(C)(=O)=O)cc2F)CC1. The van der Waals surface area contributed by atoms with Crippen molar-refractivity contribution in [2.24, 2.45) is 21.0 Å². The van der Waals surface area contributed by atoms with Crippen LogP contribution in [0.5, 0.6) is 0 Å². The number of halogens is 1. The third kappa shape index (κ3) is 5.27. The van der Waals surface area contributed by atoms with Gasteiger partial charge in [-0.2, -0.15) is 5.10 Å². The van der Waals surface area contributed by atoms with E-state index in [1.54, 1.807) is 11.1 Å². The molecule has 1 amide bonds. The van der Waals surface area contributed by atoms with Crippen LogP contribution in [-0.4, -0.2) is 75.1 Å². The van der Waals surface area contributed by atoms with Gasteiger partial charge in [0.05, 0.1) is 11.0 Å². The monoisotopic (exact) mass is 493 g/mol. The molecule has 10 nitrogen and oxygen atoms in total. The second kappa shape index (κ2) is 9.06. The first-order valence-corrected chi connectivity index (χ1v) is 12.9. The van der Waals surface area contributed by atoms with Gasteiger partial charge < -0.3 is 14.4 Å². The van der Waals surface area contributed by atoms with Crippen molar-refractivity contribution in [3.8, 4) is 0 Å². The minimum atomic E-state index is -3.53. The fourth-order valence-electron chi connectivity index (χ4n) is 3.89. The molecule has 2 atom stereocenters. The van der Waals surface area contributed by atoms with E-state index in [2.05, 4.69) is 15.1 Å². The first-order chi connectivity index (χ1) is 15.9. The summed E-state index contributed by atoms with van der Waals surface area (Å²) in [6.07, 6.45) is 4.20. The molecule has 4 rings (SSSR count). The van der Waals surface area contributed by atoms with Crippen LogP contribution in [0.3, 0.4) is 0 Å². The van der Waals surface area contributed by atoms with Gasteiger partial charge >= 0.3 is 6.09 Å². The van der Waals surface area contributed by atoms with Crippen molar-refractivity contribution >= 4 is 40.0 Å². The lowest BCUT2D eigenvalue weighted by molar-refractivity contribution is -0.0467. The number of likely N-dealkylation sites (tertiary alicyclic amines) is 1. The van der Waals surface area contributed by atoms with Crippen LogP contribution in [0.4, 0.5) is 14.9 Å². The molecule has 0 aromatic heterocycles. The van der Waals surface area contributed by atoms with Crippen molar-refractivity contribution < 1.29 is 27.1 Å². The van der Waals surface area contributed by atoms with Gasteiger partial charge in [0.1, 0.15) is 35.2 Å². The Kier molecular flexibility index (Phi) is 6.47. The fourth-order valence-corrected chi connectivity index (χ4v) is 4.52. The minimum Gasteiger partial charge on any atom is -0.444 e. The Balaban J connectivity index is 1.39. The Morgan fingerprint density at radius 3 is 2.53 bits per heavy atom. The summed E-state index contributed by atoms with van der Waals surface area (Å²) in [5, 5.41) is 5.61. The summed E-state index contributed by atoms with van der Waals surface area (Å²) in [5.41, 5.74) is -0.459. The highest BCUT2D eigenvalue weighted by molar-refractivity contribution is 7.90. The number of anilines is 1. The molecule has 1 saturated heterocycles. The number of carbonyl (C=O) groups is 1. The van der Waals surface area contributed by atoms with Gasteiger partial charge in [-0.3, -0.25) is 0 Å². The largest absolute Gasteiger partial charge is 0.444 e. The summed E-state index contributed by atoms with van der Waals surface area (Å²) in [7, 11) is -3.53. The van der Waals surface area contributed by atoms with Crippen LogP contribution in [0.2, 0.25) is 0 Å². The number of carbonyl (C=O) groups excluding carboxylic acids is 1. The van der Waals surface area contributed by atoms with Crippen molar-refractivity contribution in [2.75, 3.05) is 24.4 Å². The van der Waals surface area contributed by atoms with E-state index in [1.807, 2.05) is 20.8 Å². The first-order valence-electron chi connectivity index (χ1n) is 11.0. The molecule has 0 radical (unpaired) electrons. The predicted octanol–water partition coefficient (Wildman–Crippen LogP) is 2.83. The number of hydrogen-bond acceptors (Lipinski definition) is 9. The number of piperidine rings is 1. The highest BCUT2D eigenvalue weighted by Gasteiger charge is 2.39. The number of ether oxygens (including phenoxy) is 2. The molecule has 0 saturated carbocycles. The Morgan fingerprint density at radius 1 is 1.21 bits per heavy atom. The van der Waals surface area contributed by atoms with Gasteiger partial charge in [0, 0.05) is 25.6 Å². The lowest BCUT2D eigenvalue weighted by Crippen LogP contribution is -2.45. The maximum atomic E-state index is 14.7. The van der Waals surface area contributed by atoms with Crippen LogP contribution in [0.25, 0.3) is 0 Å². The van der Waals surface area contributed by atoms with Gasteiger partial charge in [-0.25, -0.2) is 32.6 Å². The first kappa shape index (κ1) is 24.3.